The first-order valence-corrected chi connectivity index (χ1v) is 7.75. The van der Waals surface area contributed by atoms with Gasteiger partial charge < -0.3 is 5.32 Å². The molecular formula is C15H18N4O2S. The number of rotatable bonds is 5. The quantitative estimate of drug-likeness (QED) is 0.887. The zero-order valence-electron chi connectivity index (χ0n) is 12.7. The molecule has 1 heterocycles. The van der Waals surface area contributed by atoms with Gasteiger partial charge in [-0.05, 0) is 17.7 Å². The van der Waals surface area contributed by atoms with E-state index in [1.807, 2.05) is 26.0 Å². The molecule has 1 aromatic heterocycles. The monoisotopic (exact) mass is 318 g/mol. The lowest BCUT2D eigenvalue weighted by atomic mass is 10.1. The number of hydrogen-bond donors (Lipinski definition) is 2. The Morgan fingerprint density at radius 3 is 2.41 bits per heavy atom. The van der Waals surface area contributed by atoms with Gasteiger partial charge in [0, 0.05) is 24.9 Å². The molecule has 0 spiro atoms. The van der Waals surface area contributed by atoms with Crippen molar-refractivity contribution in [3.63, 3.8) is 0 Å². The highest BCUT2D eigenvalue weighted by atomic mass is 32.1. The zero-order chi connectivity index (χ0) is 16.1. The van der Waals surface area contributed by atoms with Gasteiger partial charge in [-0.25, -0.2) is 0 Å². The van der Waals surface area contributed by atoms with Gasteiger partial charge in [0.25, 0.3) is 5.91 Å². The highest BCUT2D eigenvalue weighted by molar-refractivity contribution is 7.15. The molecule has 1 aromatic carbocycles. The number of nitrogens with zero attached hydrogens (tertiary/aromatic N) is 2. The van der Waals surface area contributed by atoms with Crippen molar-refractivity contribution in [1.82, 2.24) is 15.5 Å². The maximum absolute atomic E-state index is 12.1. The molecule has 0 atom stereocenters. The van der Waals surface area contributed by atoms with E-state index in [0.717, 1.165) is 10.6 Å². The lowest BCUT2D eigenvalue weighted by Gasteiger charge is -2.04. The third-order valence-electron chi connectivity index (χ3n) is 2.91. The summed E-state index contributed by atoms with van der Waals surface area (Å²) in [6.45, 7) is 5.97. The van der Waals surface area contributed by atoms with Crippen LogP contribution in [0.2, 0.25) is 0 Å². The summed E-state index contributed by atoms with van der Waals surface area (Å²) in [5.41, 5.74) is 1.47. The molecule has 2 rings (SSSR count). The summed E-state index contributed by atoms with van der Waals surface area (Å²) in [5, 5.41) is 14.8. The van der Waals surface area contributed by atoms with E-state index in [-0.39, 0.29) is 17.7 Å². The highest BCUT2D eigenvalue weighted by Gasteiger charge is 2.11. The van der Waals surface area contributed by atoms with Crippen molar-refractivity contribution >= 4 is 28.3 Å². The largest absolute Gasteiger partial charge is 0.352 e. The van der Waals surface area contributed by atoms with E-state index in [1.165, 1.54) is 18.3 Å². The molecular weight excluding hydrogens is 300 g/mol. The summed E-state index contributed by atoms with van der Waals surface area (Å²) >= 11 is 1.38. The average Bonchev–Trinajstić information content (AvgIpc) is 2.94. The van der Waals surface area contributed by atoms with E-state index in [0.29, 0.717) is 17.2 Å². The van der Waals surface area contributed by atoms with Crippen LogP contribution in [-0.2, 0) is 11.3 Å². The smallest absolute Gasteiger partial charge is 0.257 e. The Hall–Kier alpha value is -2.28. The van der Waals surface area contributed by atoms with Crippen LogP contribution in [0.25, 0.3) is 0 Å². The van der Waals surface area contributed by atoms with E-state index in [2.05, 4.69) is 20.8 Å². The predicted molar refractivity (Wildman–Crippen MR) is 85.9 cm³/mol. The van der Waals surface area contributed by atoms with Crippen LogP contribution in [0.15, 0.2) is 24.3 Å². The first kappa shape index (κ1) is 16.1. The van der Waals surface area contributed by atoms with Crippen molar-refractivity contribution in [1.29, 1.82) is 0 Å². The molecule has 0 saturated carbocycles. The summed E-state index contributed by atoms with van der Waals surface area (Å²) in [6.07, 6.45) is 0. The summed E-state index contributed by atoms with van der Waals surface area (Å²) in [5.74, 6) is -0.0206. The standard InChI is InChI=1S/C15H18N4O2S/c1-9(2)14-18-19-15(22-14)17-13(21)12-6-4-11(5-7-12)8-16-10(3)20/h4-7,9H,8H2,1-3H3,(H,16,20)(H,17,19,21). The molecule has 2 amide bonds. The third kappa shape index (κ3) is 4.36. The van der Waals surface area contributed by atoms with Crippen LogP contribution >= 0.6 is 11.3 Å². The number of amides is 2. The predicted octanol–water partition coefficient (Wildman–Crippen LogP) is 2.55. The number of aromatic nitrogens is 2. The average molecular weight is 318 g/mol. The second-order valence-electron chi connectivity index (χ2n) is 5.16. The molecule has 6 nitrogen and oxygen atoms in total. The number of nitrogens with one attached hydrogen (secondary N) is 2. The number of benzene rings is 1. The summed E-state index contributed by atoms with van der Waals surface area (Å²) in [6, 6.07) is 7.06. The van der Waals surface area contributed by atoms with Gasteiger partial charge in [0.15, 0.2) is 0 Å². The van der Waals surface area contributed by atoms with Crippen LogP contribution in [0, 0.1) is 0 Å². The highest BCUT2D eigenvalue weighted by Crippen LogP contribution is 2.22. The second-order valence-corrected chi connectivity index (χ2v) is 6.17. The third-order valence-corrected chi connectivity index (χ3v) is 4.05. The van der Waals surface area contributed by atoms with Crippen LogP contribution in [0.5, 0.6) is 0 Å². The summed E-state index contributed by atoms with van der Waals surface area (Å²) in [7, 11) is 0. The summed E-state index contributed by atoms with van der Waals surface area (Å²) < 4.78 is 0. The Kier molecular flexibility index (Phi) is 5.21. The SMILES string of the molecule is CC(=O)NCc1ccc(C(=O)Nc2nnc(C(C)C)s2)cc1. The van der Waals surface area contributed by atoms with Crippen LogP contribution in [-0.4, -0.2) is 22.0 Å². The fourth-order valence-corrected chi connectivity index (χ4v) is 2.43. The fourth-order valence-electron chi connectivity index (χ4n) is 1.69. The van der Waals surface area contributed by atoms with Crippen molar-refractivity contribution in [3.8, 4) is 0 Å². The van der Waals surface area contributed by atoms with Crippen LogP contribution in [0.4, 0.5) is 5.13 Å². The van der Waals surface area contributed by atoms with E-state index >= 15 is 0 Å². The van der Waals surface area contributed by atoms with E-state index in [1.54, 1.807) is 12.1 Å². The molecule has 0 saturated heterocycles. The van der Waals surface area contributed by atoms with Gasteiger partial charge in [0.1, 0.15) is 5.01 Å². The van der Waals surface area contributed by atoms with Gasteiger partial charge in [0.2, 0.25) is 11.0 Å². The van der Waals surface area contributed by atoms with Crippen molar-refractivity contribution in [2.45, 2.75) is 33.2 Å². The molecule has 0 fully saturated rings. The Morgan fingerprint density at radius 1 is 1.18 bits per heavy atom. The zero-order valence-corrected chi connectivity index (χ0v) is 13.5. The fraction of sp³-hybridized carbons (Fsp3) is 0.333. The minimum atomic E-state index is -0.225. The summed E-state index contributed by atoms with van der Waals surface area (Å²) in [4.78, 5) is 23.0. The lowest BCUT2D eigenvalue weighted by Crippen LogP contribution is -2.19. The molecule has 22 heavy (non-hydrogen) atoms. The minimum absolute atomic E-state index is 0.0842. The molecule has 0 aliphatic rings. The Labute approximate surface area is 133 Å². The molecule has 0 bridgehead atoms. The van der Waals surface area contributed by atoms with Crippen molar-refractivity contribution in [3.05, 3.63) is 40.4 Å². The maximum atomic E-state index is 12.1. The number of carbonyl (C=O) groups is 2. The molecule has 0 unspecified atom stereocenters. The Morgan fingerprint density at radius 2 is 1.86 bits per heavy atom. The number of hydrogen-bond acceptors (Lipinski definition) is 5. The van der Waals surface area contributed by atoms with Gasteiger partial charge in [-0.15, -0.1) is 10.2 Å². The first-order valence-electron chi connectivity index (χ1n) is 6.94. The first-order chi connectivity index (χ1) is 10.5. The van der Waals surface area contributed by atoms with E-state index in [9.17, 15) is 9.59 Å². The molecule has 2 N–H and O–H groups in total. The van der Waals surface area contributed by atoms with Crippen molar-refractivity contribution in [2.75, 3.05) is 5.32 Å². The molecule has 0 aliphatic heterocycles. The van der Waals surface area contributed by atoms with Gasteiger partial charge in [-0.2, -0.15) is 0 Å². The minimum Gasteiger partial charge on any atom is -0.352 e. The van der Waals surface area contributed by atoms with Crippen LogP contribution < -0.4 is 10.6 Å². The van der Waals surface area contributed by atoms with Crippen LogP contribution in [0.1, 0.15) is 47.6 Å². The van der Waals surface area contributed by atoms with E-state index < -0.39 is 0 Å². The normalized spacial score (nSPS) is 10.5. The molecule has 7 heteroatoms. The van der Waals surface area contributed by atoms with Gasteiger partial charge >= 0.3 is 0 Å². The molecule has 2 aromatic rings. The van der Waals surface area contributed by atoms with Crippen LogP contribution in [0.3, 0.4) is 0 Å². The maximum Gasteiger partial charge on any atom is 0.257 e. The van der Waals surface area contributed by atoms with Gasteiger partial charge in [-0.1, -0.05) is 37.3 Å². The number of anilines is 1. The lowest BCUT2D eigenvalue weighted by molar-refractivity contribution is -0.119. The van der Waals surface area contributed by atoms with Gasteiger partial charge in [-0.3, -0.25) is 14.9 Å². The molecule has 0 aliphatic carbocycles. The topological polar surface area (TPSA) is 84.0 Å². The molecule has 0 radical (unpaired) electrons. The molecule has 116 valence electrons. The number of carbonyl (C=O) groups excluding carboxylic acids is 2. The Bertz CT molecular complexity index is 664. The van der Waals surface area contributed by atoms with E-state index in [4.69, 9.17) is 0 Å². The van der Waals surface area contributed by atoms with Crippen molar-refractivity contribution < 1.29 is 9.59 Å². The van der Waals surface area contributed by atoms with Crippen molar-refractivity contribution in [2.24, 2.45) is 0 Å². The second kappa shape index (κ2) is 7.13. The van der Waals surface area contributed by atoms with Gasteiger partial charge in [0.05, 0.1) is 0 Å². The Balaban J connectivity index is 1.98.